The molecular weight excluding hydrogens is 595 g/mol. The molecule has 0 saturated carbocycles. The zero-order chi connectivity index (χ0) is 30.5. The third-order valence-electron chi connectivity index (χ3n) is 7.24. The molecule has 3 aromatic heterocycles. The highest BCUT2D eigenvalue weighted by molar-refractivity contribution is 6.41. The minimum atomic E-state index is -0.0864. The molecule has 0 spiro atoms. The number of methoxy groups -OCH3 is 2. The van der Waals surface area contributed by atoms with Crippen LogP contribution >= 0.6 is 23.2 Å². The van der Waals surface area contributed by atoms with Gasteiger partial charge in [-0.3, -0.25) is 9.48 Å². The van der Waals surface area contributed by atoms with Crippen molar-refractivity contribution < 1.29 is 24.1 Å². The second-order valence-electron chi connectivity index (χ2n) is 10.0. The number of pyridine rings is 2. The molecule has 5 rings (SSSR count). The van der Waals surface area contributed by atoms with E-state index in [1.54, 1.807) is 23.1 Å². The first-order valence-corrected chi connectivity index (χ1v) is 14.4. The summed E-state index contributed by atoms with van der Waals surface area (Å²) in [6.07, 6.45) is 7.02. The number of ether oxygens (including phenoxy) is 3. The number of carbonyl (C=O) groups excluding carboxylic acids is 1. The van der Waals surface area contributed by atoms with Crippen LogP contribution in [0.25, 0.3) is 22.0 Å². The van der Waals surface area contributed by atoms with Gasteiger partial charge in [-0.15, -0.1) is 0 Å². The van der Waals surface area contributed by atoms with Crippen molar-refractivity contribution >= 4 is 51.4 Å². The summed E-state index contributed by atoms with van der Waals surface area (Å²) in [4.78, 5) is 21.6. The monoisotopic (exact) mass is 626 g/mol. The standard InChI is InChI=1S/C30H32Cl2N6O5/c1-4-20(40)7-19-15-43-16-23(19)36-26-9-21-18(13-33-26)8-22(27-28(31)24(41-2)10-25(42-3)29(27)32)37-30(21)34-11-17-12-35-38(14-17)5-6-39/h4,8-10,12-14,19,23,39H,1,5-7,11,15-16H2,2-3H3,(H,33,36)(H,34,37)/t19-,23+/m0/s1. The molecule has 11 nitrogen and oxygen atoms in total. The summed E-state index contributed by atoms with van der Waals surface area (Å²) < 4.78 is 18.3. The number of carbonyl (C=O) groups is 1. The van der Waals surface area contributed by atoms with E-state index in [2.05, 4.69) is 27.3 Å². The number of nitrogens with zero attached hydrogens (tertiary/aromatic N) is 4. The Morgan fingerprint density at radius 2 is 1.95 bits per heavy atom. The number of aliphatic hydroxyl groups is 1. The molecular formula is C30H32Cl2N6O5. The maximum atomic E-state index is 12.0. The summed E-state index contributed by atoms with van der Waals surface area (Å²) in [7, 11) is 3.03. The highest BCUT2D eigenvalue weighted by atomic mass is 35.5. The molecule has 43 heavy (non-hydrogen) atoms. The molecule has 1 aromatic carbocycles. The van der Waals surface area contributed by atoms with Gasteiger partial charge in [0.25, 0.3) is 0 Å². The molecule has 1 saturated heterocycles. The van der Waals surface area contributed by atoms with Crippen molar-refractivity contribution in [2.24, 2.45) is 5.92 Å². The van der Waals surface area contributed by atoms with E-state index in [1.807, 2.05) is 18.3 Å². The molecule has 226 valence electrons. The molecule has 13 heteroatoms. The van der Waals surface area contributed by atoms with Gasteiger partial charge in [0.05, 0.1) is 68.6 Å². The number of allylic oxidation sites excluding steroid dienone is 1. The lowest BCUT2D eigenvalue weighted by Gasteiger charge is -2.20. The summed E-state index contributed by atoms with van der Waals surface area (Å²) in [6.45, 7) is 5.33. The molecule has 0 radical (unpaired) electrons. The summed E-state index contributed by atoms with van der Waals surface area (Å²) >= 11 is 13.5. The van der Waals surface area contributed by atoms with Crippen LogP contribution < -0.4 is 20.1 Å². The first-order valence-electron chi connectivity index (χ1n) is 13.6. The minimum absolute atomic E-state index is 0.00359. The molecule has 0 amide bonds. The number of anilines is 2. The van der Waals surface area contributed by atoms with Crippen LogP contribution in [0.4, 0.5) is 11.6 Å². The van der Waals surface area contributed by atoms with E-state index in [0.717, 1.165) is 16.3 Å². The third kappa shape index (κ3) is 6.70. The maximum Gasteiger partial charge on any atom is 0.155 e. The van der Waals surface area contributed by atoms with Gasteiger partial charge in [-0.25, -0.2) is 9.97 Å². The van der Waals surface area contributed by atoms with E-state index in [9.17, 15) is 9.90 Å². The van der Waals surface area contributed by atoms with E-state index in [1.165, 1.54) is 20.3 Å². The van der Waals surface area contributed by atoms with Crippen molar-refractivity contribution in [2.45, 2.75) is 25.6 Å². The van der Waals surface area contributed by atoms with E-state index in [-0.39, 0.29) is 24.3 Å². The Bertz CT molecular complexity index is 1620. The van der Waals surface area contributed by atoms with Crippen molar-refractivity contribution in [1.82, 2.24) is 19.7 Å². The highest BCUT2D eigenvalue weighted by Gasteiger charge is 2.30. The van der Waals surface area contributed by atoms with E-state index >= 15 is 0 Å². The number of aromatic nitrogens is 4. The average molecular weight is 628 g/mol. The number of benzene rings is 1. The number of hydrogen-bond acceptors (Lipinski definition) is 10. The number of fused-ring (bicyclic) bond motifs is 1. The Morgan fingerprint density at radius 1 is 1.19 bits per heavy atom. The second-order valence-corrected chi connectivity index (χ2v) is 10.8. The molecule has 4 heterocycles. The van der Waals surface area contributed by atoms with E-state index in [0.29, 0.717) is 77.2 Å². The molecule has 0 bridgehead atoms. The molecule has 1 fully saturated rings. The van der Waals surface area contributed by atoms with E-state index < -0.39 is 0 Å². The topological polar surface area (TPSA) is 133 Å². The van der Waals surface area contributed by atoms with Gasteiger partial charge in [0, 0.05) is 59.2 Å². The zero-order valence-electron chi connectivity index (χ0n) is 23.8. The number of rotatable bonds is 13. The van der Waals surface area contributed by atoms with Crippen molar-refractivity contribution in [3.05, 3.63) is 65.1 Å². The van der Waals surface area contributed by atoms with Gasteiger partial charge in [-0.2, -0.15) is 5.10 Å². The van der Waals surface area contributed by atoms with Gasteiger partial charge >= 0.3 is 0 Å². The van der Waals surface area contributed by atoms with Crippen LogP contribution in [0.2, 0.25) is 10.0 Å². The maximum absolute atomic E-state index is 12.0. The predicted octanol–water partition coefficient (Wildman–Crippen LogP) is 4.99. The first-order chi connectivity index (χ1) is 20.8. The van der Waals surface area contributed by atoms with Crippen molar-refractivity contribution in [3.8, 4) is 22.8 Å². The fourth-order valence-electron chi connectivity index (χ4n) is 5.00. The SMILES string of the molecule is C=CC(=O)C[C@H]1COC[C@H]1Nc1cc2c(NCc3cnn(CCO)c3)nc(-c3c(Cl)c(OC)cc(OC)c3Cl)cc2cn1. The van der Waals surface area contributed by atoms with Crippen LogP contribution in [0.15, 0.2) is 49.4 Å². The second kappa shape index (κ2) is 13.6. The highest BCUT2D eigenvalue weighted by Crippen LogP contribution is 2.46. The number of halogens is 2. The van der Waals surface area contributed by atoms with Crippen LogP contribution in [0, 0.1) is 5.92 Å². The van der Waals surface area contributed by atoms with Gasteiger partial charge < -0.3 is 30.0 Å². The predicted molar refractivity (Wildman–Crippen MR) is 166 cm³/mol. The summed E-state index contributed by atoms with van der Waals surface area (Å²) in [5, 5.41) is 22.6. The largest absolute Gasteiger partial charge is 0.495 e. The molecule has 3 N–H and O–H groups in total. The summed E-state index contributed by atoms with van der Waals surface area (Å²) in [5.74, 6) is 1.95. The van der Waals surface area contributed by atoms with Crippen LogP contribution in [-0.4, -0.2) is 70.7 Å². The Kier molecular flexibility index (Phi) is 9.66. The summed E-state index contributed by atoms with van der Waals surface area (Å²) in [6, 6.07) is 5.30. The molecule has 1 aliphatic rings. The zero-order valence-corrected chi connectivity index (χ0v) is 25.3. The fraction of sp³-hybridized carbons (Fsp3) is 0.333. The molecule has 0 unspecified atom stereocenters. The van der Waals surface area contributed by atoms with Gasteiger partial charge in [0.1, 0.15) is 23.1 Å². The van der Waals surface area contributed by atoms with Crippen LogP contribution in [0.3, 0.4) is 0 Å². The number of ketones is 1. The van der Waals surface area contributed by atoms with Crippen molar-refractivity contribution in [3.63, 3.8) is 0 Å². The lowest BCUT2D eigenvalue weighted by Crippen LogP contribution is -2.29. The minimum Gasteiger partial charge on any atom is -0.495 e. The third-order valence-corrected chi connectivity index (χ3v) is 7.99. The van der Waals surface area contributed by atoms with Gasteiger partial charge in [0.15, 0.2) is 5.78 Å². The van der Waals surface area contributed by atoms with Gasteiger partial charge in [0.2, 0.25) is 0 Å². The fourth-order valence-corrected chi connectivity index (χ4v) is 5.69. The number of hydrogen-bond donors (Lipinski definition) is 3. The molecule has 4 aromatic rings. The van der Waals surface area contributed by atoms with Crippen molar-refractivity contribution in [2.75, 3.05) is 44.7 Å². The molecule has 2 atom stereocenters. The Hall–Kier alpha value is -3.90. The smallest absolute Gasteiger partial charge is 0.155 e. The Morgan fingerprint density at radius 3 is 2.65 bits per heavy atom. The number of nitrogens with one attached hydrogen (secondary N) is 2. The lowest BCUT2D eigenvalue weighted by atomic mass is 9.97. The van der Waals surface area contributed by atoms with Crippen molar-refractivity contribution in [1.29, 1.82) is 0 Å². The average Bonchev–Trinajstić information content (AvgIpc) is 3.65. The van der Waals surface area contributed by atoms with Gasteiger partial charge in [-0.1, -0.05) is 29.8 Å². The quantitative estimate of drug-likeness (QED) is 0.174. The van der Waals surface area contributed by atoms with Crippen LogP contribution in [0.1, 0.15) is 12.0 Å². The normalized spacial score (nSPS) is 16.3. The Labute approximate surface area is 258 Å². The molecule has 0 aliphatic carbocycles. The van der Waals surface area contributed by atoms with Gasteiger partial charge in [-0.05, 0) is 18.2 Å². The van der Waals surface area contributed by atoms with Crippen LogP contribution in [0.5, 0.6) is 11.5 Å². The number of aliphatic hydroxyl groups excluding tert-OH is 1. The van der Waals surface area contributed by atoms with E-state index in [4.69, 9.17) is 42.4 Å². The summed E-state index contributed by atoms with van der Waals surface area (Å²) in [5.41, 5.74) is 1.85. The first kappa shape index (κ1) is 30.6. The lowest BCUT2D eigenvalue weighted by molar-refractivity contribution is -0.115. The Balaban J connectivity index is 1.55. The van der Waals surface area contributed by atoms with Crippen LogP contribution in [-0.2, 0) is 22.6 Å². The molecule has 1 aliphatic heterocycles.